The summed E-state index contributed by atoms with van der Waals surface area (Å²) >= 11 is 0. The van der Waals surface area contributed by atoms with E-state index in [1.165, 1.54) is 12.1 Å². The van der Waals surface area contributed by atoms with Gasteiger partial charge in [-0.05, 0) is 62.0 Å². The third-order valence-corrected chi connectivity index (χ3v) is 6.51. The summed E-state index contributed by atoms with van der Waals surface area (Å²) in [5, 5.41) is 7.65. The first-order valence-electron chi connectivity index (χ1n) is 13.8. The Kier molecular flexibility index (Phi) is 14.6. The van der Waals surface area contributed by atoms with Crippen molar-refractivity contribution >= 4 is 23.5 Å². The molecule has 0 aromatic heterocycles. The normalized spacial score (nSPS) is 12.7. The number of ether oxygens (including phenoxy) is 1. The number of alkyl halides is 3. The maximum absolute atomic E-state index is 13.0. The van der Waals surface area contributed by atoms with Crippen LogP contribution in [0.15, 0.2) is 54.6 Å². The topological polar surface area (TPSA) is 192 Å². The van der Waals surface area contributed by atoms with Gasteiger partial charge in [-0.15, -0.1) is 13.2 Å². The van der Waals surface area contributed by atoms with E-state index in [4.69, 9.17) is 17.2 Å². The third kappa shape index (κ3) is 13.7. The van der Waals surface area contributed by atoms with Gasteiger partial charge in [0.2, 0.25) is 17.7 Å². The quantitative estimate of drug-likeness (QED) is 0.145. The molecule has 0 saturated carbocycles. The van der Waals surface area contributed by atoms with Gasteiger partial charge in [0.15, 0.2) is 0 Å². The second-order valence-corrected chi connectivity index (χ2v) is 9.90. The molecule has 14 heteroatoms. The Balaban J connectivity index is 1.95. The number of nitrogens with one attached hydrogen (secondary N) is 3. The molecule has 0 aliphatic carbocycles. The Labute approximate surface area is 248 Å². The van der Waals surface area contributed by atoms with Crippen LogP contribution in [0.4, 0.5) is 13.2 Å². The number of nitrogens with two attached hydrogens (primary N) is 3. The van der Waals surface area contributed by atoms with Crippen LogP contribution in [0, 0.1) is 5.92 Å². The summed E-state index contributed by atoms with van der Waals surface area (Å²) in [5.41, 5.74) is 18.4. The first-order chi connectivity index (χ1) is 20.4. The van der Waals surface area contributed by atoms with Crippen LogP contribution in [0.25, 0.3) is 0 Å². The summed E-state index contributed by atoms with van der Waals surface area (Å²) in [6, 6.07) is 12.1. The zero-order chi connectivity index (χ0) is 31.8. The molecule has 0 bridgehead atoms. The smallest absolute Gasteiger partial charge is 0.406 e. The number of rotatable bonds is 18. The zero-order valence-corrected chi connectivity index (χ0v) is 23.7. The van der Waals surface area contributed by atoms with Crippen LogP contribution in [-0.4, -0.2) is 61.6 Å². The number of carbonyl (C=O) groups excluding carboxylic acids is 4. The van der Waals surface area contributed by atoms with Crippen LogP contribution < -0.4 is 37.9 Å². The number of hydrogen-bond acceptors (Lipinski definition) is 8. The minimum absolute atomic E-state index is 0.0161. The highest BCUT2D eigenvalue weighted by Gasteiger charge is 2.31. The van der Waals surface area contributed by atoms with E-state index in [9.17, 15) is 32.3 Å². The standard InChI is InChI=1S/C29H39F3N6O5/c30-29(31,32)43-22-9-6-20(7-10-22)17-36-28(42)24(11-8-19-4-2-1-3-5-19)38-26(40)18-37-27(41)23(35)16-25(39)21(12-14-33)13-15-34/h1-7,9-10,21,23-24H,8,11-18,33-35H2,(H,36,42)(H,37,41)(H,38,40)/t23-,24-/m0/s1. The monoisotopic (exact) mass is 608 g/mol. The molecular formula is C29H39F3N6O5. The van der Waals surface area contributed by atoms with E-state index < -0.39 is 54.4 Å². The van der Waals surface area contributed by atoms with Gasteiger partial charge < -0.3 is 37.9 Å². The first kappa shape index (κ1) is 35.2. The molecule has 3 amide bonds. The van der Waals surface area contributed by atoms with Gasteiger partial charge in [0.1, 0.15) is 17.6 Å². The van der Waals surface area contributed by atoms with Crippen LogP contribution in [-0.2, 0) is 32.1 Å². The number of aryl methyl sites for hydroxylation is 1. The fourth-order valence-corrected chi connectivity index (χ4v) is 4.23. The SMILES string of the molecule is NCCC(CCN)C(=O)C[C@H](N)C(=O)NCC(=O)N[C@@H](CCc1ccccc1)C(=O)NCc1ccc(OC(F)(F)F)cc1. The van der Waals surface area contributed by atoms with Crippen molar-refractivity contribution in [3.8, 4) is 5.75 Å². The van der Waals surface area contributed by atoms with Gasteiger partial charge in [-0.3, -0.25) is 19.2 Å². The minimum Gasteiger partial charge on any atom is -0.406 e. The zero-order valence-electron chi connectivity index (χ0n) is 23.7. The fraction of sp³-hybridized carbons (Fsp3) is 0.448. The Morgan fingerprint density at radius 3 is 2.02 bits per heavy atom. The molecule has 0 saturated heterocycles. The van der Waals surface area contributed by atoms with E-state index in [0.717, 1.165) is 17.7 Å². The van der Waals surface area contributed by atoms with Gasteiger partial charge >= 0.3 is 6.36 Å². The first-order valence-corrected chi connectivity index (χ1v) is 13.8. The van der Waals surface area contributed by atoms with Crippen LogP contribution in [0.2, 0.25) is 0 Å². The maximum atomic E-state index is 13.0. The fourth-order valence-electron chi connectivity index (χ4n) is 4.23. The van der Waals surface area contributed by atoms with Gasteiger partial charge in [-0.25, -0.2) is 0 Å². The number of benzene rings is 2. The summed E-state index contributed by atoms with van der Waals surface area (Å²) in [7, 11) is 0. The van der Waals surface area contributed by atoms with Crippen molar-refractivity contribution in [2.45, 2.75) is 57.1 Å². The highest BCUT2D eigenvalue weighted by atomic mass is 19.4. The number of halogens is 3. The van der Waals surface area contributed by atoms with Crippen molar-refractivity contribution in [3.63, 3.8) is 0 Å². The maximum Gasteiger partial charge on any atom is 0.573 e. The van der Waals surface area contributed by atoms with Gasteiger partial charge in [-0.2, -0.15) is 0 Å². The predicted octanol–water partition coefficient (Wildman–Crippen LogP) is 1.04. The van der Waals surface area contributed by atoms with Crippen LogP contribution in [0.3, 0.4) is 0 Å². The lowest BCUT2D eigenvalue weighted by molar-refractivity contribution is -0.274. The molecule has 0 unspecified atom stereocenters. The number of Topliss-reactive ketones (excluding diaryl/α,β-unsaturated/α-hetero) is 1. The molecule has 0 heterocycles. The molecule has 2 atom stereocenters. The van der Waals surface area contributed by atoms with E-state index in [2.05, 4.69) is 20.7 Å². The number of ketones is 1. The molecule has 236 valence electrons. The largest absolute Gasteiger partial charge is 0.573 e. The number of hydrogen-bond donors (Lipinski definition) is 6. The molecule has 11 nitrogen and oxygen atoms in total. The molecule has 0 spiro atoms. The summed E-state index contributed by atoms with van der Waals surface area (Å²) in [6.45, 7) is 0.0871. The summed E-state index contributed by atoms with van der Waals surface area (Å²) < 4.78 is 41.0. The van der Waals surface area contributed by atoms with Gasteiger partial charge in [0, 0.05) is 18.9 Å². The van der Waals surface area contributed by atoms with Crippen molar-refractivity contribution in [3.05, 3.63) is 65.7 Å². The lowest BCUT2D eigenvalue weighted by Gasteiger charge is -2.20. The van der Waals surface area contributed by atoms with Crippen molar-refractivity contribution in [1.29, 1.82) is 0 Å². The van der Waals surface area contributed by atoms with Crippen molar-refractivity contribution in [2.75, 3.05) is 19.6 Å². The van der Waals surface area contributed by atoms with E-state index in [-0.39, 0.29) is 25.2 Å². The number of carbonyl (C=O) groups is 4. The Morgan fingerprint density at radius 2 is 1.44 bits per heavy atom. The van der Waals surface area contributed by atoms with E-state index in [0.29, 0.717) is 37.9 Å². The molecule has 0 fully saturated rings. The number of amides is 3. The Morgan fingerprint density at radius 1 is 0.814 bits per heavy atom. The van der Waals surface area contributed by atoms with Crippen LogP contribution >= 0.6 is 0 Å². The second kappa shape index (κ2) is 17.8. The van der Waals surface area contributed by atoms with Gasteiger partial charge in [0.25, 0.3) is 0 Å². The lowest BCUT2D eigenvalue weighted by Crippen LogP contribution is -2.51. The minimum atomic E-state index is -4.82. The van der Waals surface area contributed by atoms with Crippen molar-refractivity contribution in [2.24, 2.45) is 23.1 Å². The Bertz CT molecular complexity index is 1180. The predicted molar refractivity (Wildman–Crippen MR) is 153 cm³/mol. The molecule has 9 N–H and O–H groups in total. The summed E-state index contributed by atoms with van der Waals surface area (Å²) in [5.74, 6) is -2.91. The van der Waals surface area contributed by atoms with Crippen LogP contribution in [0.5, 0.6) is 5.75 Å². The van der Waals surface area contributed by atoms with Crippen LogP contribution in [0.1, 0.15) is 36.8 Å². The third-order valence-electron chi connectivity index (χ3n) is 6.51. The summed E-state index contributed by atoms with van der Waals surface area (Å²) in [6.07, 6.45) is -3.52. The second-order valence-electron chi connectivity index (χ2n) is 9.90. The van der Waals surface area contributed by atoms with E-state index in [1.807, 2.05) is 30.3 Å². The molecule has 43 heavy (non-hydrogen) atoms. The molecule has 2 rings (SSSR count). The van der Waals surface area contributed by atoms with E-state index in [1.54, 1.807) is 0 Å². The molecule has 0 aliphatic rings. The highest BCUT2D eigenvalue weighted by molar-refractivity contribution is 5.93. The average molecular weight is 609 g/mol. The van der Waals surface area contributed by atoms with Gasteiger partial charge in [0.05, 0.1) is 12.6 Å². The van der Waals surface area contributed by atoms with Gasteiger partial charge in [-0.1, -0.05) is 42.5 Å². The Hall–Kier alpha value is -4.01. The molecule has 0 radical (unpaired) electrons. The van der Waals surface area contributed by atoms with E-state index >= 15 is 0 Å². The van der Waals surface area contributed by atoms with Crippen molar-refractivity contribution in [1.82, 2.24) is 16.0 Å². The molecular weight excluding hydrogens is 569 g/mol. The molecule has 2 aromatic rings. The average Bonchev–Trinajstić information content (AvgIpc) is 2.97. The molecule has 0 aliphatic heterocycles. The summed E-state index contributed by atoms with van der Waals surface area (Å²) in [4.78, 5) is 50.6. The molecule has 2 aromatic carbocycles. The lowest BCUT2D eigenvalue weighted by atomic mass is 9.92. The highest BCUT2D eigenvalue weighted by Crippen LogP contribution is 2.22. The van der Waals surface area contributed by atoms with Crippen molar-refractivity contribution < 1.29 is 37.1 Å².